The second kappa shape index (κ2) is 8.13. The number of nitrogens with one attached hydrogen (secondary N) is 1. The summed E-state index contributed by atoms with van der Waals surface area (Å²) in [5, 5.41) is 3.39. The molecule has 0 heterocycles. The summed E-state index contributed by atoms with van der Waals surface area (Å²) in [6.07, 6.45) is 2.23. The van der Waals surface area contributed by atoms with Gasteiger partial charge >= 0.3 is 0 Å². The van der Waals surface area contributed by atoms with Gasteiger partial charge in [-0.1, -0.05) is 12.1 Å². The molecule has 16 heavy (non-hydrogen) atoms. The molecule has 3 N–H and O–H groups in total. The normalized spacial score (nSPS) is 10.4. The van der Waals surface area contributed by atoms with E-state index in [2.05, 4.69) is 17.4 Å². The molecule has 0 aliphatic heterocycles. The molecule has 0 saturated carbocycles. The van der Waals surface area contributed by atoms with Gasteiger partial charge in [0.05, 0.1) is 6.61 Å². The van der Waals surface area contributed by atoms with Crippen molar-refractivity contribution in [2.45, 2.75) is 26.3 Å². The summed E-state index contributed by atoms with van der Waals surface area (Å²) in [4.78, 5) is 0. The maximum Gasteiger partial charge on any atom is 0.119 e. The van der Waals surface area contributed by atoms with Crippen LogP contribution >= 0.6 is 0 Å². The van der Waals surface area contributed by atoms with E-state index >= 15 is 0 Å². The van der Waals surface area contributed by atoms with E-state index in [1.165, 1.54) is 5.56 Å². The fourth-order valence-electron chi connectivity index (χ4n) is 1.54. The van der Waals surface area contributed by atoms with Crippen LogP contribution in [0.15, 0.2) is 24.3 Å². The lowest BCUT2D eigenvalue weighted by atomic mass is 10.2. The predicted molar refractivity (Wildman–Crippen MR) is 67.6 cm³/mol. The van der Waals surface area contributed by atoms with Gasteiger partial charge in [0, 0.05) is 6.54 Å². The van der Waals surface area contributed by atoms with Crippen molar-refractivity contribution in [1.82, 2.24) is 5.32 Å². The maximum atomic E-state index is 5.45. The molecule has 0 atom stereocenters. The van der Waals surface area contributed by atoms with Crippen LogP contribution in [0, 0.1) is 0 Å². The fourth-order valence-corrected chi connectivity index (χ4v) is 1.54. The van der Waals surface area contributed by atoms with Gasteiger partial charge < -0.3 is 15.8 Å². The SMILES string of the molecule is CCOc1cccc(CNCCCCN)c1. The van der Waals surface area contributed by atoms with E-state index in [1.807, 2.05) is 19.1 Å². The van der Waals surface area contributed by atoms with Crippen molar-refractivity contribution >= 4 is 0 Å². The second-order valence-corrected chi connectivity index (χ2v) is 3.75. The highest BCUT2D eigenvalue weighted by Crippen LogP contribution is 2.12. The Hall–Kier alpha value is -1.06. The van der Waals surface area contributed by atoms with Crippen molar-refractivity contribution < 1.29 is 4.74 Å². The van der Waals surface area contributed by atoms with Gasteiger partial charge in [-0.25, -0.2) is 0 Å². The predicted octanol–water partition coefficient (Wildman–Crippen LogP) is 1.91. The summed E-state index contributed by atoms with van der Waals surface area (Å²) in [5.41, 5.74) is 6.69. The number of nitrogens with two attached hydrogens (primary N) is 1. The molecule has 1 aromatic rings. The van der Waals surface area contributed by atoms with Crippen molar-refractivity contribution in [2.75, 3.05) is 19.7 Å². The molecule has 3 nitrogen and oxygen atoms in total. The van der Waals surface area contributed by atoms with E-state index < -0.39 is 0 Å². The quantitative estimate of drug-likeness (QED) is 0.661. The van der Waals surface area contributed by atoms with Crippen molar-refractivity contribution in [1.29, 1.82) is 0 Å². The number of benzene rings is 1. The lowest BCUT2D eigenvalue weighted by Crippen LogP contribution is -2.15. The summed E-state index contributed by atoms with van der Waals surface area (Å²) < 4.78 is 5.45. The average Bonchev–Trinajstić information content (AvgIpc) is 2.30. The van der Waals surface area contributed by atoms with E-state index in [0.29, 0.717) is 6.61 Å². The number of hydrogen-bond acceptors (Lipinski definition) is 3. The first-order chi connectivity index (χ1) is 7.86. The Morgan fingerprint density at radius 1 is 1.31 bits per heavy atom. The van der Waals surface area contributed by atoms with Crippen LogP contribution in [0.2, 0.25) is 0 Å². The molecule has 0 bridgehead atoms. The molecule has 0 aliphatic carbocycles. The Morgan fingerprint density at radius 2 is 2.19 bits per heavy atom. The Morgan fingerprint density at radius 3 is 2.94 bits per heavy atom. The summed E-state index contributed by atoms with van der Waals surface area (Å²) in [6, 6.07) is 8.21. The van der Waals surface area contributed by atoms with E-state index in [1.54, 1.807) is 0 Å². The number of hydrogen-bond donors (Lipinski definition) is 2. The van der Waals surface area contributed by atoms with Crippen molar-refractivity contribution in [3.63, 3.8) is 0 Å². The zero-order valence-corrected chi connectivity index (χ0v) is 10.0. The number of rotatable bonds is 8. The zero-order chi connectivity index (χ0) is 11.6. The largest absolute Gasteiger partial charge is 0.494 e. The summed E-state index contributed by atoms with van der Waals surface area (Å²) >= 11 is 0. The molecule has 0 saturated heterocycles. The minimum Gasteiger partial charge on any atom is -0.494 e. The third kappa shape index (κ3) is 5.14. The fraction of sp³-hybridized carbons (Fsp3) is 0.538. The van der Waals surface area contributed by atoms with Crippen molar-refractivity contribution in [3.8, 4) is 5.75 Å². The number of ether oxygens (including phenoxy) is 1. The first-order valence-corrected chi connectivity index (χ1v) is 5.99. The minimum atomic E-state index is 0.716. The summed E-state index contributed by atoms with van der Waals surface area (Å²) in [5.74, 6) is 0.948. The van der Waals surface area contributed by atoms with Crippen LogP contribution in [0.25, 0.3) is 0 Å². The van der Waals surface area contributed by atoms with Gasteiger partial charge in [0.25, 0.3) is 0 Å². The van der Waals surface area contributed by atoms with Crippen LogP contribution in [0.4, 0.5) is 0 Å². The molecule has 0 radical (unpaired) electrons. The average molecular weight is 222 g/mol. The monoisotopic (exact) mass is 222 g/mol. The second-order valence-electron chi connectivity index (χ2n) is 3.75. The third-order valence-corrected chi connectivity index (χ3v) is 2.35. The van der Waals surface area contributed by atoms with E-state index in [9.17, 15) is 0 Å². The molecule has 0 aliphatic rings. The molecule has 3 heteroatoms. The molecule has 0 unspecified atom stereocenters. The molecular weight excluding hydrogens is 200 g/mol. The van der Waals surface area contributed by atoms with E-state index in [0.717, 1.165) is 38.2 Å². The highest BCUT2D eigenvalue weighted by Gasteiger charge is 1.95. The molecule has 90 valence electrons. The lowest BCUT2D eigenvalue weighted by Gasteiger charge is -2.07. The highest BCUT2D eigenvalue weighted by molar-refractivity contribution is 5.28. The zero-order valence-electron chi connectivity index (χ0n) is 10.0. The smallest absolute Gasteiger partial charge is 0.119 e. The number of unbranched alkanes of at least 4 members (excludes halogenated alkanes) is 1. The lowest BCUT2D eigenvalue weighted by molar-refractivity contribution is 0.340. The topological polar surface area (TPSA) is 47.3 Å². The van der Waals surface area contributed by atoms with Gasteiger partial charge in [-0.3, -0.25) is 0 Å². The van der Waals surface area contributed by atoms with Gasteiger partial charge in [-0.2, -0.15) is 0 Å². The summed E-state index contributed by atoms with van der Waals surface area (Å²) in [6.45, 7) is 5.41. The van der Waals surface area contributed by atoms with Crippen LogP contribution in [0.1, 0.15) is 25.3 Å². The Labute approximate surface area is 98.0 Å². The molecule has 0 aromatic heterocycles. The van der Waals surface area contributed by atoms with Crippen LogP contribution in [0.5, 0.6) is 5.75 Å². The van der Waals surface area contributed by atoms with Crippen molar-refractivity contribution in [3.05, 3.63) is 29.8 Å². The molecule has 0 fully saturated rings. The molecular formula is C13H22N2O. The first kappa shape index (κ1) is 13.0. The third-order valence-electron chi connectivity index (χ3n) is 2.35. The van der Waals surface area contributed by atoms with Crippen LogP contribution in [-0.2, 0) is 6.54 Å². The van der Waals surface area contributed by atoms with Crippen LogP contribution in [0.3, 0.4) is 0 Å². The van der Waals surface area contributed by atoms with Crippen molar-refractivity contribution in [2.24, 2.45) is 5.73 Å². The standard InChI is InChI=1S/C13H22N2O/c1-2-16-13-7-5-6-12(10-13)11-15-9-4-3-8-14/h5-7,10,15H,2-4,8-9,11,14H2,1H3. The summed E-state index contributed by atoms with van der Waals surface area (Å²) in [7, 11) is 0. The minimum absolute atomic E-state index is 0.716. The molecule has 0 amide bonds. The molecule has 1 rings (SSSR count). The van der Waals surface area contributed by atoms with Gasteiger partial charge in [-0.05, 0) is 50.6 Å². The van der Waals surface area contributed by atoms with E-state index in [4.69, 9.17) is 10.5 Å². The van der Waals surface area contributed by atoms with Crippen LogP contribution < -0.4 is 15.8 Å². The Kier molecular flexibility index (Phi) is 6.61. The molecule has 0 spiro atoms. The Bertz CT molecular complexity index is 289. The van der Waals surface area contributed by atoms with Gasteiger partial charge in [0.15, 0.2) is 0 Å². The highest BCUT2D eigenvalue weighted by atomic mass is 16.5. The van der Waals surface area contributed by atoms with Crippen LogP contribution in [-0.4, -0.2) is 19.7 Å². The maximum absolute atomic E-state index is 5.45. The van der Waals surface area contributed by atoms with Gasteiger partial charge in [0.2, 0.25) is 0 Å². The Balaban J connectivity index is 2.27. The van der Waals surface area contributed by atoms with Gasteiger partial charge in [-0.15, -0.1) is 0 Å². The van der Waals surface area contributed by atoms with Gasteiger partial charge in [0.1, 0.15) is 5.75 Å². The van der Waals surface area contributed by atoms with E-state index in [-0.39, 0.29) is 0 Å². The molecule has 1 aromatic carbocycles. The first-order valence-electron chi connectivity index (χ1n) is 5.99.